The number of nitrogens with zero attached hydrogens (tertiary/aromatic N) is 3. The summed E-state index contributed by atoms with van der Waals surface area (Å²) in [4.78, 5) is 12.9. The van der Waals surface area contributed by atoms with Crippen molar-refractivity contribution in [3.63, 3.8) is 0 Å². The molecular formula is C21H18F3N3O2. The van der Waals surface area contributed by atoms with Gasteiger partial charge < -0.3 is 4.74 Å². The van der Waals surface area contributed by atoms with Gasteiger partial charge in [0.2, 0.25) is 0 Å². The van der Waals surface area contributed by atoms with Crippen molar-refractivity contribution in [3.8, 4) is 5.75 Å². The molecular weight excluding hydrogens is 383 g/mol. The lowest BCUT2D eigenvalue weighted by Gasteiger charge is -2.34. The third-order valence-corrected chi connectivity index (χ3v) is 5.67. The van der Waals surface area contributed by atoms with Crippen LogP contribution in [-0.2, 0) is 6.42 Å². The van der Waals surface area contributed by atoms with Gasteiger partial charge in [-0.15, -0.1) is 0 Å². The first-order valence-corrected chi connectivity index (χ1v) is 9.56. The monoisotopic (exact) mass is 401 g/mol. The smallest absolute Gasteiger partial charge is 0.346 e. The lowest BCUT2D eigenvalue weighted by atomic mass is 9.89. The van der Waals surface area contributed by atoms with Gasteiger partial charge in [-0.2, -0.15) is 5.10 Å². The largest absolute Gasteiger partial charge is 0.487 e. The second-order valence-corrected chi connectivity index (χ2v) is 7.57. The fourth-order valence-electron chi connectivity index (χ4n) is 4.19. The summed E-state index contributed by atoms with van der Waals surface area (Å²) in [6.45, 7) is 0. The van der Waals surface area contributed by atoms with Crippen LogP contribution in [0.15, 0.2) is 47.3 Å². The van der Waals surface area contributed by atoms with Crippen molar-refractivity contribution in [1.29, 1.82) is 0 Å². The topological polar surface area (TPSA) is 49.1 Å². The molecule has 3 aromatic rings. The van der Waals surface area contributed by atoms with E-state index in [1.54, 1.807) is 18.2 Å². The molecule has 0 unspecified atom stereocenters. The summed E-state index contributed by atoms with van der Waals surface area (Å²) in [5, 5.41) is 4.44. The molecule has 150 valence electrons. The SMILES string of the molecule is O=c1n(C2CC(Oc3ccccc3F)C2)nc2n1[C@H](c1cc(F)cc(F)c1)CC2. The minimum absolute atomic E-state index is 0.137. The molecule has 0 saturated heterocycles. The number of fused-ring (bicyclic) bond motifs is 1. The summed E-state index contributed by atoms with van der Waals surface area (Å²) in [6, 6.07) is 8.98. The molecule has 0 amide bonds. The third kappa shape index (κ3) is 3.12. The van der Waals surface area contributed by atoms with E-state index in [0.29, 0.717) is 37.1 Å². The number of aromatic nitrogens is 3. The zero-order valence-electron chi connectivity index (χ0n) is 15.4. The number of rotatable bonds is 4. The van der Waals surface area contributed by atoms with Gasteiger partial charge in [-0.3, -0.25) is 4.57 Å². The highest BCUT2D eigenvalue weighted by atomic mass is 19.1. The Kier molecular flexibility index (Phi) is 4.22. The van der Waals surface area contributed by atoms with Crippen LogP contribution in [0.25, 0.3) is 0 Å². The summed E-state index contributed by atoms with van der Waals surface area (Å²) in [5.74, 6) is -0.937. The summed E-state index contributed by atoms with van der Waals surface area (Å²) in [6.07, 6.45) is 2.04. The van der Waals surface area contributed by atoms with Crippen molar-refractivity contribution >= 4 is 0 Å². The standard InChI is InChI=1S/C21H18F3N3O2/c22-13-7-12(8-14(23)9-13)18-5-6-20-25-27(21(28)26(18)20)15-10-16(11-15)29-19-4-2-1-3-17(19)24/h1-4,7-9,15-16,18H,5-6,10-11H2/t15?,16?,18-/m0/s1. The Morgan fingerprint density at radius 1 is 1.03 bits per heavy atom. The number of benzene rings is 2. The van der Waals surface area contributed by atoms with E-state index in [-0.39, 0.29) is 23.6 Å². The van der Waals surface area contributed by atoms with E-state index in [1.165, 1.54) is 27.4 Å². The lowest BCUT2D eigenvalue weighted by Crippen LogP contribution is -2.41. The molecule has 1 fully saturated rings. The zero-order valence-corrected chi connectivity index (χ0v) is 15.4. The van der Waals surface area contributed by atoms with Crippen LogP contribution in [0, 0.1) is 17.5 Å². The normalized spacial score (nSPS) is 22.9. The molecule has 2 aliphatic rings. The van der Waals surface area contributed by atoms with Crippen LogP contribution in [0.3, 0.4) is 0 Å². The van der Waals surface area contributed by atoms with Crippen LogP contribution in [0.2, 0.25) is 0 Å². The zero-order chi connectivity index (χ0) is 20.1. The Balaban J connectivity index is 1.34. The fraction of sp³-hybridized carbons (Fsp3) is 0.333. The molecule has 0 spiro atoms. The molecule has 8 heteroatoms. The number of hydrogen-bond donors (Lipinski definition) is 0. The number of hydrogen-bond acceptors (Lipinski definition) is 3. The van der Waals surface area contributed by atoms with E-state index >= 15 is 0 Å². The van der Waals surface area contributed by atoms with Crippen LogP contribution in [0.5, 0.6) is 5.75 Å². The molecule has 1 aliphatic heterocycles. The summed E-state index contributed by atoms with van der Waals surface area (Å²) >= 11 is 0. The second-order valence-electron chi connectivity index (χ2n) is 7.57. The number of halogens is 3. The third-order valence-electron chi connectivity index (χ3n) is 5.67. The maximum atomic E-state index is 13.7. The lowest BCUT2D eigenvalue weighted by molar-refractivity contribution is 0.0589. The highest BCUT2D eigenvalue weighted by Gasteiger charge is 2.38. The van der Waals surface area contributed by atoms with Gasteiger partial charge in [0.1, 0.15) is 23.6 Å². The summed E-state index contributed by atoms with van der Waals surface area (Å²) in [7, 11) is 0. The quantitative estimate of drug-likeness (QED) is 0.669. The molecule has 1 saturated carbocycles. The van der Waals surface area contributed by atoms with Crippen molar-refractivity contribution < 1.29 is 17.9 Å². The molecule has 0 N–H and O–H groups in total. The molecule has 2 aromatic carbocycles. The minimum Gasteiger partial charge on any atom is -0.487 e. The average molecular weight is 401 g/mol. The molecule has 0 bridgehead atoms. The van der Waals surface area contributed by atoms with E-state index in [0.717, 1.165) is 6.07 Å². The van der Waals surface area contributed by atoms with Gasteiger partial charge in [0.15, 0.2) is 11.6 Å². The van der Waals surface area contributed by atoms with Crippen LogP contribution in [0.1, 0.15) is 42.7 Å². The first-order valence-electron chi connectivity index (χ1n) is 9.56. The number of aryl methyl sites for hydroxylation is 1. The van der Waals surface area contributed by atoms with Crippen LogP contribution in [0.4, 0.5) is 13.2 Å². The number of ether oxygens (including phenoxy) is 1. The van der Waals surface area contributed by atoms with Crippen molar-refractivity contribution in [2.24, 2.45) is 0 Å². The Labute approximate surface area is 164 Å². The van der Waals surface area contributed by atoms with Crippen molar-refractivity contribution in [3.05, 3.63) is 81.8 Å². The van der Waals surface area contributed by atoms with Crippen LogP contribution < -0.4 is 10.4 Å². The summed E-state index contributed by atoms with van der Waals surface area (Å²) < 4.78 is 49.6. The van der Waals surface area contributed by atoms with Gasteiger partial charge in [0.05, 0.1) is 12.1 Å². The predicted octanol–water partition coefficient (Wildman–Crippen LogP) is 3.78. The van der Waals surface area contributed by atoms with Crippen LogP contribution >= 0.6 is 0 Å². The minimum atomic E-state index is -0.666. The van der Waals surface area contributed by atoms with Gasteiger partial charge in [-0.05, 0) is 36.2 Å². The molecule has 1 atom stereocenters. The highest BCUT2D eigenvalue weighted by molar-refractivity contribution is 5.25. The first-order chi connectivity index (χ1) is 14.0. The predicted molar refractivity (Wildman–Crippen MR) is 98.4 cm³/mol. The van der Waals surface area contributed by atoms with Crippen molar-refractivity contribution in [2.45, 2.75) is 43.9 Å². The maximum absolute atomic E-state index is 13.7. The van der Waals surface area contributed by atoms with E-state index in [1.807, 2.05) is 0 Å². The van der Waals surface area contributed by atoms with Gasteiger partial charge >= 0.3 is 5.69 Å². The molecule has 1 aromatic heterocycles. The highest BCUT2D eigenvalue weighted by Crippen LogP contribution is 2.36. The van der Waals surface area contributed by atoms with Gasteiger partial charge in [-0.1, -0.05) is 12.1 Å². The fourth-order valence-corrected chi connectivity index (χ4v) is 4.19. The average Bonchev–Trinajstić information content (AvgIpc) is 3.19. The first kappa shape index (κ1) is 18.0. The molecule has 0 radical (unpaired) electrons. The Hall–Kier alpha value is -3.03. The van der Waals surface area contributed by atoms with Gasteiger partial charge in [0.25, 0.3) is 0 Å². The Bertz CT molecular complexity index is 1110. The molecule has 2 heterocycles. The molecule has 1 aliphatic carbocycles. The van der Waals surface area contributed by atoms with E-state index < -0.39 is 23.5 Å². The molecule has 5 nitrogen and oxygen atoms in total. The van der Waals surface area contributed by atoms with E-state index in [4.69, 9.17) is 4.74 Å². The van der Waals surface area contributed by atoms with Gasteiger partial charge in [0, 0.05) is 25.3 Å². The van der Waals surface area contributed by atoms with Crippen molar-refractivity contribution in [1.82, 2.24) is 14.3 Å². The maximum Gasteiger partial charge on any atom is 0.346 e. The Morgan fingerprint density at radius 2 is 1.76 bits per heavy atom. The van der Waals surface area contributed by atoms with Crippen molar-refractivity contribution in [2.75, 3.05) is 0 Å². The van der Waals surface area contributed by atoms with Gasteiger partial charge in [-0.25, -0.2) is 22.6 Å². The Morgan fingerprint density at radius 3 is 2.48 bits per heavy atom. The second kappa shape index (κ2) is 6.79. The van der Waals surface area contributed by atoms with E-state index in [9.17, 15) is 18.0 Å². The van der Waals surface area contributed by atoms with Crippen LogP contribution in [-0.4, -0.2) is 20.5 Å². The number of para-hydroxylation sites is 1. The van der Waals surface area contributed by atoms with E-state index in [2.05, 4.69) is 5.10 Å². The molecule has 29 heavy (non-hydrogen) atoms. The molecule has 5 rings (SSSR count). The summed E-state index contributed by atoms with van der Waals surface area (Å²) in [5.41, 5.74) is 0.138.